The molecule has 0 aromatic rings. The van der Waals surface area contributed by atoms with Crippen LogP contribution in [-0.4, -0.2) is 12.8 Å². The van der Waals surface area contributed by atoms with E-state index in [0.717, 1.165) is 0 Å². The molecule has 0 bridgehead atoms. The number of halogens is 1. The van der Waals surface area contributed by atoms with Gasteiger partial charge in [0, 0.05) is 23.2 Å². The van der Waals surface area contributed by atoms with Crippen molar-refractivity contribution in [2.75, 3.05) is 7.05 Å². The Hall–Kier alpha value is -1.08. The van der Waals surface area contributed by atoms with Gasteiger partial charge in [0.1, 0.15) is 0 Å². The van der Waals surface area contributed by atoms with Crippen LogP contribution in [0.3, 0.4) is 0 Å². The summed E-state index contributed by atoms with van der Waals surface area (Å²) in [6, 6.07) is 1.88. The first kappa shape index (κ1) is 11.9. The van der Waals surface area contributed by atoms with E-state index in [2.05, 4.69) is 11.6 Å². The van der Waals surface area contributed by atoms with Gasteiger partial charge in [-0.05, 0) is 13.8 Å². The highest BCUT2D eigenvalue weighted by Gasteiger charge is 2.10. The van der Waals surface area contributed by atoms with E-state index in [1.165, 1.54) is 0 Å². The molecule has 0 atom stereocenters. The van der Waals surface area contributed by atoms with Gasteiger partial charge in [-0.25, -0.2) is 0 Å². The molecule has 0 rings (SSSR count). The summed E-state index contributed by atoms with van der Waals surface area (Å²) in [7, 11) is 1.59. The first-order valence-corrected chi connectivity index (χ1v) is 4.32. The van der Waals surface area contributed by atoms with Crippen molar-refractivity contribution in [3.63, 3.8) is 0 Å². The van der Waals surface area contributed by atoms with Gasteiger partial charge in [-0.3, -0.25) is 4.99 Å². The summed E-state index contributed by atoms with van der Waals surface area (Å²) in [6.45, 7) is 6.85. The van der Waals surface area contributed by atoms with E-state index in [0.29, 0.717) is 16.2 Å². The third-order valence-corrected chi connectivity index (χ3v) is 2.04. The number of rotatable bonds is 3. The van der Waals surface area contributed by atoms with Crippen molar-refractivity contribution < 1.29 is 3.89 Å². The van der Waals surface area contributed by atoms with Gasteiger partial charge in [0.05, 0.1) is 23.8 Å². The monoisotopic (exact) mass is 198 g/mol. The zero-order valence-corrected chi connectivity index (χ0v) is 8.70. The van der Waals surface area contributed by atoms with Gasteiger partial charge >= 0.3 is 0 Å². The lowest BCUT2D eigenvalue weighted by molar-refractivity contribution is 0.942. The molecule has 0 radical (unpaired) electrons. The molecule has 0 saturated heterocycles. The molecule has 0 N–H and O–H groups in total. The Morgan fingerprint density at radius 3 is 2.38 bits per heavy atom. The lowest BCUT2D eigenvalue weighted by Crippen LogP contribution is -2.01. The predicted octanol–water partition coefficient (Wildman–Crippen LogP) is 3.05. The summed E-state index contributed by atoms with van der Waals surface area (Å²) in [6.07, 6.45) is 0. The van der Waals surface area contributed by atoms with Crippen LogP contribution >= 0.6 is 12.1 Å². The Bertz CT molecular complexity index is 310. The van der Waals surface area contributed by atoms with Crippen molar-refractivity contribution in [2.24, 2.45) is 4.99 Å². The molecule has 0 spiro atoms. The summed E-state index contributed by atoms with van der Waals surface area (Å²) in [5.74, 6) is 0. The summed E-state index contributed by atoms with van der Waals surface area (Å²) >= 11 is 0.107. The Morgan fingerprint density at radius 2 is 2.08 bits per heavy atom. The molecule has 0 unspecified atom stereocenters. The smallest absolute Gasteiger partial charge is 0.0992 e. The maximum absolute atomic E-state index is 12.3. The molecule has 0 aliphatic heterocycles. The van der Waals surface area contributed by atoms with Crippen LogP contribution in [-0.2, 0) is 0 Å². The van der Waals surface area contributed by atoms with Gasteiger partial charge in [-0.2, -0.15) is 9.15 Å². The third kappa shape index (κ3) is 3.03. The Kier molecular flexibility index (Phi) is 5.09. The number of nitrogens with zero attached hydrogens (tertiary/aromatic N) is 2. The fourth-order valence-corrected chi connectivity index (χ4v) is 1.24. The maximum Gasteiger partial charge on any atom is 0.0992 e. The van der Waals surface area contributed by atoms with Crippen LogP contribution in [0.5, 0.6) is 0 Å². The van der Waals surface area contributed by atoms with Crippen LogP contribution in [0.25, 0.3) is 0 Å². The second-order valence-corrected chi connectivity index (χ2v) is 3.17. The van der Waals surface area contributed by atoms with Gasteiger partial charge in [0.25, 0.3) is 0 Å². The van der Waals surface area contributed by atoms with E-state index in [4.69, 9.17) is 5.26 Å². The number of hydrogen-bond acceptors (Lipinski definition) is 3. The van der Waals surface area contributed by atoms with Gasteiger partial charge in [-0.15, -0.1) is 0 Å². The standard InChI is InChI=1S/C9H11FN2S/c1-6(5-11)9(7(2)12-4)8(3)13-10/h1H2,2-4H3/b9-8+,12-7?. The van der Waals surface area contributed by atoms with Gasteiger partial charge in [0.2, 0.25) is 0 Å². The van der Waals surface area contributed by atoms with E-state index in [-0.39, 0.29) is 17.7 Å². The zero-order chi connectivity index (χ0) is 10.4. The number of allylic oxidation sites excluding steroid dienone is 3. The van der Waals surface area contributed by atoms with E-state index in [1.807, 2.05) is 6.07 Å². The average molecular weight is 198 g/mol. The highest BCUT2D eigenvalue weighted by Crippen LogP contribution is 2.24. The van der Waals surface area contributed by atoms with Crippen molar-refractivity contribution in [1.29, 1.82) is 5.26 Å². The maximum atomic E-state index is 12.3. The van der Waals surface area contributed by atoms with Crippen molar-refractivity contribution in [3.8, 4) is 6.07 Å². The van der Waals surface area contributed by atoms with Gasteiger partial charge in [0.15, 0.2) is 0 Å². The van der Waals surface area contributed by atoms with Gasteiger partial charge in [-0.1, -0.05) is 6.58 Å². The predicted molar refractivity (Wildman–Crippen MR) is 55.2 cm³/mol. The topological polar surface area (TPSA) is 36.1 Å². The highest BCUT2D eigenvalue weighted by molar-refractivity contribution is 7.98. The summed E-state index contributed by atoms with van der Waals surface area (Å²) in [5, 5.41) is 8.62. The summed E-state index contributed by atoms with van der Waals surface area (Å²) in [4.78, 5) is 4.31. The molecule has 2 nitrogen and oxygen atoms in total. The molecule has 4 heteroatoms. The Labute approximate surface area is 82.2 Å². The fraction of sp³-hybridized carbons (Fsp3) is 0.333. The molecule has 0 aromatic carbocycles. The Morgan fingerprint density at radius 1 is 1.54 bits per heavy atom. The highest BCUT2D eigenvalue weighted by atomic mass is 32.2. The molecule has 13 heavy (non-hydrogen) atoms. The van der Waals surface area contributed by atoms with Crippen LogP contribution in [0.1, 0.15) is 13.8 Å². The van der Waals surface area contributed by atoms with Crippen LogP contribution < -0.4 is 0 Å². The minimum atomic E-state index is 0.107. The summed E-state index contributed by atoms with van der Waals surface area (Å²) in [5.41, 5.74) is 1.36. The molecule has 0 fully saturated rings. The molecular weight excluding hydrogens is 187 g/mol. The van der Waals surface area contributed by atoms with E-state index in [9.17, 15) is 3.89 Å². The molecule has 0 saturated carbocycles. The lowest BCUT2D eigenvalue weighted by atomic mass is 10.0. The molecule has 0 aliphatic rings. The first-order valence-electron chi connectivity index (χ1n) is 3.61. The largest absolute Gasteiger partial charge is 0.293 e. The number of nitriles is 1. The van der Waals surface area contributed by atoms with Crippen LogP contribution in [0.15, 0.2) is 27.6 Å². The zero-order valence-electron chi connectivity index (χ0n) is 7.89. The molecule has 0 amide bonds. The molecule has 0 heterocycles. The molecule has 0 aromatic heterocycles. The van der Waals surface area contributed by atoms with Crippen LogP contribution in [0.2, 0.25) is 0 Å². The van der Waals surface area contributed by atoms with Crippen molar-refractivity contribution in [3.05, 3.63) is 22.6 Å². The minimum Gasteiger partial charge on any atom is -0.293 e. The SMILES string of the molecule is C=C(C#N)/C(C(C)=NC)=C(/C)SF. The number of hydrogen-bond donors (Lipinski definition) is 0. The third-order valence-electron chi connectivity index (χ3n) is 1.60. The van der Waals surface area contributed by atoms with E-state index < -0.39 is 0 Å². The Balaban J connectivity index is 5.26. The molecular formula is C9H11FN2S. The van der Waals surface area contributed by atoms with Crippen LogP contribution in [0, 0.1) is 11.3 Å². The average Bonchev–Trinajstić information content (AvgIpc) is 2.16. The van der Waals surface area contributed by atoms with Crippen molar-refractivity contribution >= 4 is 17.9 Å². The van der Waals surface area contributed by atoms with Crippen LogP contribution in [0.4, 0.5) is 3.89 Å². The number of aliphatic imine (C=N–C) groups is 1. The minimum absolute atomic E-state index is 0.107. The first-order chi connectivity index (χ1) is 6.08. The lowest BCUT2D eigenvalue weighted by Gasteiger charge is -2.05. The quantitative estimate of drug-likeness (QED) is 0.397. The molecule has 0 aliphatic carbocycles. The van der Waals surface area contributed by atoms with Gasteiger partial charge < -0.3 is 0 Å². The summed E-state index contributed by atoms with van der Waals surface area (Å²) < 4.78 is 12.3. The second kappa shape index (κ2) is 5.55. The van der Waals surface area contributed by atoms with E-state index in [1.54, 1.807) is 20.9 Å². The van der Waals surface area contributed by atoms with Crippen molar-refractivity contribution in [1.82, 2.24) is 0 Å². The second-order valence-electron chi connectivity index (χ2n) is 2.41. The molecule has 70 valence electrons. The normalized spacial score (nSPS) is 13.3. The fourth-order valence-electron chi connectivity index (χ4n) is 0.892. The van der Waals surface area contributed by atoms with E-state index >= 15 is 0 Å². The van der Waals surface area contributed by atoms with Crippen molar-refractivity contribution in [2.45, 2.75) is 13.8 Å².